The molecule has 0 rings (SSSR count). The lowest BCUT2D eigenvalue weighted by Gasteiger charge is -2.18. The Balaban J connectivity index is 0. The van der Waals surface area contributed by atoms with Gasteiger partial charge in [-0.2, -0.15) is 0 Å². The van der Waals surface area contributed by atoms with Gasteiger partial charge in [-0.1, -0.05) is 103 Å². The molecule has 0 bridgehead atoms. The Kier molecular flexibility index (Phi) is 20.8. The zero-order valence-corrected chi connectivity index (χ0v) is 16.3. The highest BCUT2D eigenvalue weighted by Gasteiger charge is 2.20. The van der Waals surface area contributed by atoms with Crippen molar-refractivity contribution >= 4 is 0 Å². The smallest absolute Gasteiger partial charge is 0.186 e. The minimum atomic E-state index is -1.87. The molecule has 0 heterocycles. The zero-order chi connectivity index (χ0) is 17.2. The molecule has 0 atom stereocenters. The first-order valence-electron chi connectivity index (χ1n) is 10.2. The van der Waals surface area contributed by atoms with Gasteiger partial charge in [-0.3, -0.25) is 0 Å². The molecule has 4 heteroatoms. The van der Waals surface area contributed by atoms with E-state index in [0.29, 0.717) is 0 Å². The van der Waals surface area contributed by atoms with E-state index in [1.165, 1.54) is 89.9 Å². The first-order valence-corrected chi connectivity index (χ1v) is 10.2. The summed E-state index contributed by atoms with van der Waals surface area (Å²) in [6.45, 7) is 1.71. The standard InChI is InChI=1S/C20H42O3.H3N/c1-2-3-4-5-6-7-8-9-10-11-12-13-14-15-16-17-18-20(22,23)19-21;/h21-23H,2-19H2,1H3;1H3. The van der Waals surface area contributed by atoms with Crippen molar-refractivity contribution in [1.29, 1.82) is 0 Å². The Morgan fingerprint density at radius 3 is 1.12 bits per heavy atom. The molecule has 0 aromatic carbocycles. The van der Waals surface area contributed by atoms with E-state index in [-0.39, 0.29) is 12.6 Å². The molecule has 6 N–H and O–H groups in total. The molecular formula is C20H45NO3. The van der Waals surface area contributed by atoms with E-state index in [1.54, 1.807) is 0 Å². The summed E-state index contributed by atoms with van der Waals surface area (Å²) in [5.74, 6) is -1.87. The Morgan fingerprint density at radius 2 is 0.833 bits per heavy atom. The van der Waals surface area contributed by atoms with Crippen molar-refractivity contribution in [2.24, 2.45) is 0 Å². The van der Waals surface area contributed by atoms with E-state index < -0.39 is 12.4 Å². The molecule has 0 aliphatic carbocycles. The highest BCUT2D eigenvalue weighted by atomic mass is 16.5. The molecule has 0 radical (unpaired) electrons. The Bertz CT molecular complexity index is 235. The normalized spacial score (nSPS) is 11.5. The summed E-state index contributed by atoms with van der Waals surface area (Å²) < 4.78 is 0. The second-order valence-electron chi connectivity index (χ2n) is 7.19. The van der Waals surface area contributed by atoms with Crippen LogP contribution in [-0.2, 0) is 0 Å². The molecule has 0 fully saturated rings. The second-order valence-corrected chi connectivity index (χ2v) is 7.19. The highest BCUT2D eigenvalue weighted by molar-refractivity contribution is 4.62. The van der Waals surface area contributed by atoms with E-state index in [4.69, 9.17) is 5.11 Å². The first kappa shape index (κ1) is 26.1. The molecule has 0 saturated heterocycles. The van der Waals surface area contributed by atoms with Crippen molar-refractivity contribution in [2.45, 2.75) is 122 Å². The van der Waals surface area contributed by atoms with Crippen LogP contribution >= 0.6 is 0 Å². The van der Waals surface area contributed by atoms with Gasteiger partial charge in [0, 0.05) is 6.42 Å². The summed E-state index contributed by atoms with van der Waals surface area (Å²) in [7, 11) is 0. The van der Waals surface area contributed by atoms with Crippen molar-refractivity contribution in [3.05, 3.63) is 0 Å². The van der Waals surface area contributed by atoms with E-state index in [1.807, 2.05) is 0 Å². The van der Waals surface area contributed by atoms with Crippen LogP contribution < -0.4 is 6.15 Å². The van der Waals surface area contributed by atoms with Crippen LogP contribution in [0.1, 0.15) is 116 Å². The third-order valence-electron chi connectivity index (χ3n) is 4.68. The molecule has 148 valence electrons. The van der Waals surface area contributed by atoms with Gasteiger partial charge in [0.15, 0.2) is 5.79 Å². The SMILES string of the molecule is CCCCCCCCCCCCCCCCCCC(O)(O)CO.N. The van der Waals surface area contributed by atoms with Crippen molar-refractivity contribution in [3.8, 4) is 0 Å². The highest BCUT2D eigenvalue weighted by Crippen LogP contribution is 2.15. The van der Waals surface area contributed by atoms with Gasteiger partial charge in [-0.15, -0.1) is 0 Å². The van der Waals surface area contributed by atoms with E-state index in [2.05, 4.69) is 6.92 Å². The Labute approximate surface area is 150 Å². The summed E-state index contributed by atoms with van der Waals surface area (Å²) in [6, 6.07) is 0. The Hall–Kier alpha value is -0.160. The van der Waals surface area contributed by atoms with Gasteiger partial charge in [0.05, 0.1) is 6.61 Å². The zero-order valence-electron chi connectivity index (χ0n) is 16.3. The van der Waals surface area contributed by atoms with Gasteiger partial charge in [0.2, 0.25) is 0 Å². The largest absolute Gasteiger partial charge is 0.391 e. The topological polar surface area (TPSA) is 95.7 Å². The van der Waals surface area contributed by atoms with Gasteiger partial charge >= 0.3 is 0 Å². The molecule has 0 unspecified atom stereocenters. The van der Waals surface area contributed by atoms with Crippen molar-refractivity contribution in [3.63, 3.8) is 0 Å². The first-order chi connectivity index (χ1) is 11.1. The van der Waals surface area contributed by atoms with Crippen LogP contribution in [0, 0.1) is 0 Å². The quantitative estimate of drug-likeness (QED) is 0.195. The van der Waals surface area contributed by atoms with Gasteiger partial charge in [-0.05, 0) is 6.42 Å². The number of unbranched alkanes of at least 4 members (excludes halogenated alkanes) is 15. The molecular weight excluding hydrogens is 302 g/mol. The summed E-state index contributed by atoms with van der Waals surface area (Å²) in [6.07, 6.45) is 21.2. The number of aliphatic hydroxyl groups is 3. The third-order valence-corrected chi connectivity index (χ3v) is 4.68. The van der Waals surface area contributed by atoms with Crippen LogP contribution in [0.3, 0.4) is 0 Å². The number of rotatable bonds is 18. The fourth-order valence-electron chi connectivity index (χ4n) is 3.04. The maximum Gasteiger partial charge on any atom is 0.186 e. The third kappa shape index (κ3) is 19.9. The van der Waals surface area contributed by atoms with Crippen LogP contribution in [0.4, 0.5) is 0 Å². The maximum atomic E-state index is 9.24. The fraction of sp³-hybridized carbons (Fsp3) is 1.00. The van der Waals surface area contributed by atoms with E-state index in [9.17, 15) is 10.2 Å². The molecule has 0 aromatic heterocycles. The van der Waals surface area contributed by atoms with E-state index >= 15 is 0 Å². The summed E-state index contributed by atoms with van der Waals surface area (Å²) in [4.78, 5) is 0. The van der Waals surface area contributed by atoms with Gasteiger partial charge in [-0.25, -0.2) is 0 Å². The lowest BCUT2D eigenvalue weighted by Crippen LogP contribution is -2.32. The van der Waals surface area contributed by atoms with Gasteiger partial charge in [0.1, 0.15) is 0 Å². The van der Waals surface area contributed by atoms with Gasteiger partial charge < -0.3 is 21.5 Å². The second kappa shape index (κ2) is 19.2. The van der Waals surface area contributed by atoms with Crippen LogP contribution in [0.2, 0.25) is 0 Å². The lowest BCUT2D eigenvalue weighted by molar-refractivity contribution is -0.191. The van der Waals surface area contributed by atoms with Gasteiger partial charge in [0.25, 0.3) is 0 Å². The predicted octanol–water partition coefficient (Wildman–Crippen LogP) is 5.47. The average molecular weight is 348 g/mol. The number of aliphatic hydroxyl groups excluding tert-OH is 1. The molecule has 4 nitrogen and oxygen atoms in total. The minimum Gasteiger partial charge on any atom is -0.391 e. The van der Waals surface area contributed by atoms with E-state index in [0.717, 1.165) is 12.8 Å². The summed E-state index contributed by atoms with van der Waals surface area (Å²) in [5.41, 5.74) is 0. The van der Waals surface area contributed by atoms with Crippen LogP contribution in [0.5, 0.6) is 0 Å². The molecule has 0 saturated carbocycles. The Morgan fingerprint density at radius 1 is 0.542 bits per heavy atom. The molecule has 0 aliphatic heterocycles. The lowest BCUT2D eigenvalue weighted by atomic mass is 10.0. The minimum absolute atomic E-state index is 0. The monoisotopic (exact) mass is 347 g/mol. The molecule has 0 aliphatic rings. The number of hydrogen-bond acceptors (Lipinski definition) is 4. The van der Waals surface area contributed by atoms with Crippen LogP contribution in [-0.4, -0.2) is 27.7 Å². The fourth-order valence-corrected chi connectivity index (χ4v) is 3.04. The maximum absolute atomic E-state index is 9.24. The van der Waals surface area contributed by atoms with Crippen LogP contribution in [0.25, 0.3) is 0 Å². The van der Waals surface area contributed by atoms with Crippen molar-refractivity contribution < 1.29 is 15.3 Å². The van der Waals surface area contributed by atoms with Crippen molar-refractivity contribution in [2.75, 3.05) is 6.61 Å². The summed E-state index contributed by atoms with van der Waals surface area (Å²) >= 11 is 0. The van der Waals surface area contributed by atoms with Crippen LogP contribution in [0.15, 0.2) is 0 Å². The van der Waals surface area contributed by atoms with Crippen molar-refractivity contribution in [1.82, 2.24) is 6.15 Å². The molecule has 0 spiro atoms. The number of hydrogen-bond donors (Lipinski definition) is 4. The molecule has 0 aromatic rings. The molecule has 0 amide bonds. The summed E-state index contributed by atoms with van der Waals surface area (Å²) in [5, 5.41) is 27.2. The predicted molar refractivity (Wildman–Crippen MR) is 103 cm³/mol. The molecule has 24 heavy (non-hydrogen) atoms. The average Bonchev–Trinajstić information content (AvgIpc) is 2.54.